The van der Waals surface area contributed by atoms with Gasteiger partial charge in [0, 0.05) is 12.8 Å². The summed E-state index contributed by atoms with van der Waals surface area (Å²) in [6.07, 6.45) is 8.45. The van der Waals surface area contributed by atoms with Crippen LogP contribution in [0.5, 0.6) is 0 Å². The SMILES string of the molecule is CCCC1CC=C(C2(O)Cc3cc(F)c(F)cc3C2)CC1. The second-order valence-electron chi connectivity index (χ2n) is 6.58. The molecule has 0 aromatic heterocycles. The highest BCUT2D eigenvalue weighted by Crippen LogP contribution is 2.41. The Morgan fingerprint density at radius 3 is 2.29 bits per heavy atom. The van der Waals surface area contributed by atoms with Crippen LogP contribution in [0.25, 0.3) is 0 Å². The lowest BCUT2D eigenvalue weighted by Gasteiger charge is -2.31. The van der Waals surface area contributed by atoms with Crippen LogP contribution < -0.4 is 0 Å². The molecule has 114 valence electrons. The van der Waals surface area contributed by atoms with Gasteiger partial charge in [0.05, 0.1) is 5.60 Å². The van der Waals surface area contributed by atoms with Crippen molar-refractivity contribution >= 4 is 0 Å². The van der Waals surface area contributed by atoms with Crippen molar-refractivity contribution in [1.29, 1.82) is 0 Å². The first kappa shape index (κ1) is 14.7. The Balaban J connectivity index is 1.79. The minimum absolute atomic E-state index is 0.407. The van der Waals surface area contributed by atoms with Crippen molar-refractivity contribution in [2.45, 2.75) is 57.5 Å². The fourth-order valence-electron chi connectivity index (χ4n) is 3.86. The minimum atomic E-state index is -0.931. The molecule has 2 aliphatic rings. The van der Waals surface area contributed by atoms with Crippen molar-refractivity contribution in [3.63, 3.8) is 0 Å². The van der Waals surface area contributed by atoms with Crippen LogP contribution in [0.3, 0.4) is 0 Å². The minimum Gasteiger partial charge on any atom is -0.385 e. The standard InChI is InChI=1S/C18H22F2O/c1-2-3-12-4-6-15(7-5-12)18(21)10-13-8-16(19)17(20)9-14(13)11-18/h6,8-9,12,21H,2-5,7,10-11H2,1H3. The van der Waals surface area contributed by atoms with Gasteiger partial charge in [-0.3, -0.25) is 0 Å². The first-order valence-electron chi connectivity index (χ1n) is 7.90. The van der Waals surface area contributed by atoms with Crippen molar-refractivity contribution in [2.75, 3.05) is 0 Å². The number of hydrogen-bond acceptors (Lipinski definition) is 1. The van der Waals surface area contributed by atoms with E-state index in [-0.39, 0.29) is 0 Å². The summed E-state index contributed by atoms with van der Waals surface area (Å²) in [5.41, 5.74) is 1.62. The van der Waals surface area contributed by atoms with Gasteiger partial charge < -0.3 is 5.11 Å². The quantitative estimate of drug-likeness (QED) is 0.823. The predicted octanol–water partition coefficient (Wildman–Crippen LogP) is 4.32. The molecule has 0 spiro atoms. The average molecular weight is 292 g/mol. The van der Waals surface area contributed by atoms with Crippen LogP contribution in [0.2, 0.25) is 0 Å². The van der Waals surface area contributed by atoms with Gasteiger partial charge in [-0.1, -0.05) is 25.8 Å². The molecule has 0 radical (unpaired) electrons. The fraction of sp³-hybridized carbons (Fsp3) is 0.556. The molecular formula is C18H22F2O. The van der Waals surface area contributed by atoms with Gasteiger partial charge in [0.25, 0.3) is 0 Å². The Labute approximate surface area is 124 Å². The maximum Gasteiger partial charge on any atom is 0.159 e. The molecule has 0 aliphatic heterocycles. The number of fused-ring (bicyclic) bond motifs is 1. The van der Waals surface area contributed by atoms with Gasteiger partial charge >= 0.3 is 0 Å². The molecule has 1 N–H and O–H groups in total. The molecule has 0 saturated heterocycles. The van der Waals surface area contributed by atoms with Crippen LogP contribution in [0.4, 0.5) is 8.78 Å². The van der Waals surface area contributed by atoms with Crippen LogP contribution in [0.1, 0.15) is 50.2 Å². The van der Waals surface area contributed by atoms with Gasteiger partial charge in [0.15, 0.2) is 11.6 Å². The molecule has 0 amide bonds. The van der Waals surface area contributed by atoms with E-state index in [1.54, 1.807) is 0 Å². The highest BCUT2D eigenvalue weighted by Gasteiger charge is 2.39. The van der Waals surface area contributed by atoms with Crippen molar-refractivity contribution in [1.82, 2.24) is 0 Å². The van der Waals surface area contributed by atoms with Gasteiger partial charge in [-0.25, -0.2) is 8.78 Å². The van der Waals surface area contributed by atoms with Crippen molar-refractivity contribution < 1.29 is 13.9 Å². The molecule has 2 aliphatic carbocycles. The Hall–Kier alpha value is -1.22. The van der Waals surface area contributed by atoms with Crippen LogP contribution >= 0.6 is 0 Å². The number of allylic oxidation sites excluding steroid dienone is 1. The summed E-state index contributed by atoms with van der Waals surface area (Å²) in [6.45, 7) is 2.20. The second-order valence-corrected chi connectivity index (χ2v) is 6.58. The van der Waals surface area contributed by atoms with Crippen molar-refractivity contribution in [2.24, 2.45) is 5.92 Å². The average Bonchev–Trinajstić information content (AvgIpc) is 2.77. The van der Waals surface area contributed by atoms with Gasteiger partial charge in [-0.2, -0.15) is 0 Å². The topological polar surface area (TPSA) is 20.2 Å². The van der Waals surface area contributed by atoms with Crippen molar-refractivity contribution in [3.05, 3.63) is 46.5 Å². The van der Waals surface area contributed by atoms with E-state index in [2.05, 4.69) is 13.0 Å². The van der Waals surface area contributed by atoms with Gasteiger partial charge in [0.1, 0.15) is 0 Å². The Morgan fingerprint density at radius 2 is 1.81 bits per heavy atom. The molecule has 0 saturated carbocycles. The fourth-order valence-corrected chi connectivity index (χ4v) is 3.86. The van der Waals surface area contributed by atoms with E-state index in [9.17, 15) is 13.9 Å². The molecule has 21 heavy (non-hydrogen) atoms. The Bertz CT molecular complexity index is 546. The van der Waals surface area contributed by atoms with E-state index in [1.807, 2.05) is 0 Å². The summed E-state index contributed by atoms with van der Waals surface area (Å²) in [6, 6.07) is 2.48. The Morgan fingerprint density at radius 1 is 1.19 bits per heavy atom. The van der Waals surface area contributed by atoms with E-state index in [0.717, 1.165) is 41.9 Å². The molecule has 1 aromatic carbocycles. The van der Waals surface area contributed by atoms with Crippen molar-refractivity contribution in [3.8, 4) is 0 Å². The molecule has 1 atom stereocenters. The summed E-state index contributed by atoms with van der Waals surface area (Å²) in [7, 11) is 0. The van der Waals surface area contributed by atoms with Gasteiger partial charge in [-0.05, 0) is 54.0 Å². The number of halogens is 2. The molecule has 3 rings (SSSR count). The summed E-state index contributed by atoms with van der Waals surface area (Å²) in [4.78, 5) is 0. The number of rotatable bonds is 3. The largest absolute Gasteiger partial charge is 0.385 e. The van der Waals surface area contributed by atoms with Crippen LogP contribution in [0, 0.1) is 17.6 Å². The third-order valence-electron chi connectivity index (χ3n) is 5.02. The zero-order valence-corrected chi connectivity index (χ0v) is 12.5. The molecule has 0 fully saturated rings. The summed E-state index contributed by atoms with van der Waals surface area (Å²) in [5.74, 6) is -0.918. The van der Waals surface area contributed by atoms with Crippen LogP contribution in [-0.4, -0.2) is 10.7 Å². The van der Waals surface area contributed by atoms with E-state index < -0.39 is 17.2 Å². The first-order chi connectivity index (χ1) is 10.0. The third kappa shape index (κ3) is 2.76. The maximum absolute atomic E-state index is 13.3. The highest BCUT2D eigenvalue weighted by atomic mass is 19.2. The van der Waals surface area contributed by atoms with E-state index in [1.165, 1.54) is 25.0 Å². The summed E-state index contributed by atoms with van der Waals surface area (Å²) < 4.78 is 26.7. The van der Waals surface area contributed by atoms with Gasteiger partial charge in [0.2, 0.25) is 0 Å². The van der Waals surface area contributed by atoms with Crippen LogP contribution in [-0.2, 0) is 12.8 Å². The lowest BCUT2D eigenvalue weighted by atomic mass is 9.79. The predicted molar refractivity (Wildman–Crippen MR) is 79.0 cm³/mol. The summed E-state index contributed by atoms with van der Waals surface area (Å²) in [5, 5.41) is 10.9. The monoisotopic (exact) mass is 292 g/mol. The Kier molecular flexibility index (Phi) is 3.87. The maximum atomic E-state index is 13.3. The lowest BCUT2D eigenvalue weighted by molar-refractivity contribution is 0.0827. The number of benzene rings is 1. The van der Waals surface area contributed by atoms with E-state index in [0.29, 0.717) is 12.8 Å². The molecule has 0 bridgehead atoms. The zero-order valence-electron chi connectivity index (χ0n) is 12.5. The number of hydrogen-bond donors (Lipinski definition) is 1. The number of aliphatic hydroxyl groups is 1. The molecule has 0 heterocycles. The molecule has 3 heteroatoms. The highest BCUT2D eigenvalue weighted by molar-refractivity contribution is 5.41. The summed E-state index contributed by atoms with van der Waals surface area (Å²) >= 11 is 0. The van der Waals surface area contributed by atoms with E-state index in [4.69, 9.17) is 0 Å². The van der Waals surface area contributed by atoms with Gasteiger partial charge in [-0.15, -0.1) is 0 Å². The van der Waals surface area contributed by atoms with Crippen LogP contribution in [0.15, 0.2) is 23.8 Å². The molecule has 1 nitrogen and oxygen atoms in total. The molecular weight excluding hydrogens is 270 g/mol. The second kappa shape index (κ2) is 5.53. The first-order valence-corrected chi connectivity index (χ1v) is 7.90. The molecule has 1 unspecified atom stereocenters. The third-order valence-corrected chi connectivity index (χ3v) is 5.02. The van der Waals surface area contributed by atoms with E-state index >= 15 is 0 Å². The molecule has 1 aromatic rings. The zero-order chi connectivity index (χ0) is 15.0. The normalized spacial score (nSPS) is 23.8. The smallest absolute Gasteiger partial charge is 0.159 e. The lowest BCUT2D eigenvalue weighted by Crippen LogP contribution is -2.33.